The van der Waals surface area contributed by atoms with Gasteiger partial charge >= 0.3 is 0 Å². The predicted molar refractivity (Wildman–Crippen MR) is 88.5 cm³/mol. The Bertz CT molecular complexity index is 545. The molecule has 1 aliphatic rings. The number of sulfone groups is 1. The number of hydrogen-bond acceptors (Lipinski definition) is 4. The van der Waals surface area contributed by atoms with E-state index < -0.39 is 9.84 Å². The Hall–Kier alpha value is -0.620. The zero-order chi connectivity index (χ0) is 14.8. The van der Waals surface area contributed by atoms with E-state index in [1.54, 1.807) is 12.1 Å². The van der Waals surface area contributed by atoms with Crippen molar-refractivity contribution in [3.63, 3.8) is 0 Å². The van der Waals surface area contributed by atoms with Gasteiger partial charge < -0.3 is 5.73 Å². The molecule has 0 amide bonds. The third-order valence-corrected chi connectivity index (χ3v) is 5.34. The summed E-state index contributed by atoms with van der Waals surface area (Å²) in [6, 6.07) is 7.62. The number of likely N-dealkylation sites (tertiary alicyclic amines) is 1. The molecule has 1 aliphatic heterocycles. The Kier molecular flexibility index (Phi) is 6.66. The quantitative estimate of drug-likeness (QED) is 0.916. The van der Waals surface area contributed by atoms with Gasteiger partial charge in [-0.3, -0.25) is 4.90 Å². The fraction of sp³-hybridized carbons (Fsp3) is 0.600. The van der Waals surface area contributed by atoms with Gasteiger partial charge in [-0.2, -0.15) is 0 Å². The molecule has 0 aromatic heterocycles. The molecule has 0 saturated carbocycles. The van der Waals surface area contributed by atoms with E-state index in [9.17, 15) is 8.42 Å². The Morgan fingerprint density at radius 2 is 1.90 bits per heavy atom. The summed E-state index contributed by atoms with van der Waals surface area (Å²) < 4.78 is 22.9. The van der Waals surface area contributed by atoms with Crippen LogP contribution in [-0.4, -0.2) is 38.7 Å². The van der Waals surface area contributed by atoms with Crippen LogP contribution >= 0.6 is 12.4 Å². The van der Waals surface area contributed by atoms with Crippen molar-refractivity contribution in [3.05, 3.63) is 29.8 Å². The van der Waals surface area contributed by atoms with Crippen LogP contribution in [0.15, 0.2) is 29.2 Å². The molecular weight excluding hydrogens is 308 g/mol. The largest absolute Gasteiger partial charge is 0.329 e. The number of benzene rings is 1. The molecule has 2 rings (SSSR count). The minimum atomic E-state index is -3.11. The number of halogens is 1. The van der Waals surface area contributed by atoms with Gasteiger partial charge in [0.15, 0.2) is 9.84 Å². The second-order valence-corrected chi connectivity index (χ2v) is 7.82. The SMILES string of the molecule is CC1CCCN(Cc2ccc(S(C)(=O)=O)cc2)C1CN.Cl. The Balaban J connectivity index is 0.00000220. The van der Waals surface area contributed by atoms with Gasteiger partial charge in [0.2, 0.25) is 0 Å². The molecule has 0 radical (unpaired) electrons. The number of piperidine rings is 1. The van der Waals surface area contributed by atoms with Crippen molar-refractivity contribution in [1.82, 2.24) is 4.90 Å². The zero-order valence-corrected chi connectivity index (χ0v) is 14.3. The highest BCUT2D eigenvalue weighted by molar-refractivity contribution is 7.90. The zero-order valence-electron chi connectivity index (χ0n) is 12.7. The molecule has 6 heteroatoms. The Morgan fingerprint density at radius 1 is 1.29 bits per heavy atom. The van der Waals surface area contributed by atoms with Gasteiger partial charge in [0.1, 0.15) is 0 Å². The van der Waals surface area contributed by atoms with Crippen LogP contribution in [0, 0.1) is 5.92 Å². The van der Waals surface area contributed by atoms with E-state index >= 15 is 0 Å². The lowest BCUT2D eigenvalue weighted by Crippen LogP contribution is -2.47. The van der Waals surface area contributed by atoms with Crippen LogP contribution < -0.4 is 5.73 Å². The third kappa shape index (κ3) is 4.68. The number of nitrogens with zero attached hydrogens (tertiary/aromatic N) is 1. The molecule has 1 saturated heterocycles. The van der Waals surface area contributed by atoms with E-state index in [-0.39, 0.29) is 12.4 Å². The highest BCUT2D eigenvalue weighted by atomic mass is 35.5. The van der Waals surface area contributed by atoms with E-state index in [0.29, 0.717) is 23.4 Å². The topological polar surface area (TPSA) is 63.4 Å². The molecule has 0 bridgehead atoms. The molecule has 1 fully saturated rings. The molecule has 0 spiro atoms. The Morgan fingerprint density at radius 3 is 2.43 bits per heavy atom. The van der Waals surface area contributed by atoms with Gasteiger partial charge in [-0.15, -0.1) is 12.4 Å². The first kappa shape index (κ1) is 18.4. The lowest BCUT2D eigenvalue weighted by Gasteiger charge is -2.39. The molecule has 21 heavy (non-hydrogen) atoms. The summed E-state index contributed by atoms with van der Waals surface area (Å²) >= 11 is 0. The van der Waals surface area contributed by atoms with Crippen molar-refractivity contribution in [3.8, 4) is 0 Å². The molecule has 0 aliphatic carbocycles. The molecule has 2 atom stereocenters. The van der Waals surface area contributed by atoms with E-state index in [4.69, 9.17) is 5.73 Å². The van der Waals surface area contributed by atoms with Gasteiger partial charge in [0.05, 0.1) is 4.90 Å². The fourth-order valence-electron chi connectivity index (χ4n) is 2.99. The normalized spacial score (nSPS) is 23.6. The fourth-order valence-corrected chi connectivity index (χ4v) is 3.62. The monoisotopic (exact) mass is 332 g/mol. The summed E-state index contributed by atoms with van der Waals surface area (Å²) in [6.45, 7) is 4.86. The molecule has 1 aromatic rings. The van der Waals surface area contributed by atoms with Gasteiger partial charge in [0, 0.05) is 25.4 Å². The van der Waals surface area contributed by atoms with Gasteiger partial charge in [-0.1, -0.05) is 19.1 Å². The van der Waals surface area contributed by atoms with Gasteiger partial charge in [0.25, 0.3) is 0 Å². The maximum atomic E-state index is 11.4. The van der Waals surface area contributed by atoms with Crippen molar-refractivity contribution < 1.29 is 8.42 Å². The van der Waals surface area contributed by atoms with Crippen molar-refractivity contribution >= 4 is 22.2 Å². The molecule has 2 N–H and O–H groups in total. The summed E-state index contributed by atoms with van der Waals surface area (Å²) in [6.07, 6.45) is 3.68. The van der Waals surface area contributed by atoms with Crippen LogP contribution in [0.2, 0.25) is 0 Å². The maximum Gasteiger partial charge on any atom is 0.175 e. The summed E-state index contributed by atoms with van der Waals surface area (Å²) in [4.78, 5) is 2.80. The van der Waals surface area contributed by atoms with E-state index in [2.05, 4.69) is 11.8 Å². The predicted octanol–water partition coefficient (Wildman–Crippen LogP) is 2.07. The lowest BCUT2D eigenvalue weighted by molar-refractivity contribution is 0.0991. The molecule has 1 aromatic carbocycles. The molecule has 120 valence electrons. The lowest BCUT2D eigenvalue weighted by atomic mass is 9.90. The molecular formula is C15H25ClN2O2S. The summed E-state index contributed by atoms with van der Waals surface area (Å²) in [5.41, 5.74) is 7.04. The number of rotatable bonds is 4. The van der Waals surface area contributed by atoms with Crippen molar-refractivity contribution in [1.29, 1.82) is 0 Å². The summed E-state index contributed by atoms with van der Waals surface area (Å²) in [7, 11) is -3.11. The highest BCUT2D eigenvalue weighted by Gasteiger charge is 2.27. The average Bonchev–Trinajstić information content (AvgIpc) is 2.38. The third-order valence-electron chi connectivity index (χ3n) is 4.21. The van der Waals surface area contributed by atoms with Crippen LogP contribution in [0.4, 0.5) is 0 Å². The average molecular weight is 333 g/mol. The van der Waals surface area contributed by atoms with E-state index in [1.807, 2.05) is 12.1 Å². The maximum absolute atomic E-state index is 11.4. The summed E-state index contributed by atoms with van der Waals surface area (Å²) in [5, 5.41) is 0. The second-order valence-electron chi connectivity index (χ2n) is 5.81. The molecule has 1 heterocycles. The Labute approximate surface area is 134 Å². The minimum Gasteiger partial charge on any atom is -0.329 e. The van der Waals surface area contributed by atoms with E-state index in [1.165, 1.54) is 19.1 Å². The van der Waals surface area contributed by atoms with Crippen LogP contribution in [-0.2, 0) is 16.4 Å². The smallest absolute Gasteiger partial charge is 0.175 e. The summed E-state index contributed by atoms with van der Waals surface area (Å²) in [5.74, 6) is 0.629. The number of nitrogens with two attached hydrogens (primary N) is 1. The van der Waals surface area contributed by atoms with Crippen molar-refractivity contribution in [2.24, 2.45) is 11.7 Å². The van der Waals surface area contributed by atoms with Crippen LogP contribution in [0.25, 0.3) is 0 Å². The first-order valence-corrected chi connectivity index (χ1v) is 9.04. The minimum absolute atomic E-state index is 0. The first-order valence-electron chi connectivity index (χ1n) is 7.15. The molecule has 2 unspecified atom stereocenters. The standard InChI is InChI=1S/C15H24N2O2S.ClH/c1-12-4-3-9-17(15(12)10-16)11-13-5-7-14(8-6-13)20(2,18)19;/h5-8,12,15H,3-4,9-11,16H2,1-2H3;1H. The van der Waals surface area contributed by atoms with Gasteiger partial charge in [-0.05, 0) is 43.0 Å². The van der Waals surface area contributed by atoms with Gasteiger partial charge in [-0.25, -0.2) is 8.42 Å². The first-order chi connectivity index (χ1) is 9.41. The van der Waals surface area contributed by atoms with Crippen LogP contribution in [0.3, 0.4) is 0 Å². The van der Waals surface area contributed by atoms with E-state index in [0.717, 1.165) is 18.7 Å². The highest BCUT2D eigenvalue weighted by Crippen LogP contribution is 2.24. The second kappa shape index (κ2) is 7.58. The van der Waals surface area contributed by atoms with Crippen molar-refractivity contribution in [2.75, 3.05) is 19.3 Å². The van der Waals surface area contributed by atoms with Crippen molar-refractivity contribution in [2.45, 2.75) is 37.2 Å². The van der Waals surface area contributed by atoms with Crippen LogP contribution in [0.5, 0.6) is 0 Å². The molecule has 4 nitrogen and oxygen atoms in total. The van der Waals surface area contributed by atoms with Crippen LogP contribution in [0.1, 0.15) is 25.3 Å². The number of hydrogen-bond donors (Lipinski definition) is 1.